The van der Waals surface area contributed by atoms with Gasteiger partial charge in [0.15, 0.2) is 0 Å². The Hall–Kier alpha value is -6.81. The molecule has 2 spiro atoms. The molecule has 4 aromatic heterocycles. The minimum atomic E-state index is -2.19. The van der Waals surface area contributed by atoms with Crippen molar-refractivity contribution < 1.29 is 8.83 Å². The van der Waals surface area contributed by atoms with Gasteiger partial charge in [-0.2, -0.15) is 0 Å². The zero-order valence-corrected chi connectivity index (χ0v) is 41.7. The molecule has 6 heterocycles. The largest absolute Gasteiger partial charge is 0.456 e. The number of benzene rings is 8. The van der Waals surface area contributed by atoms with E-state index in [1.54, 1.807) is 0 Å². The van der Waals surface area contributed by atoms with Crippen molar-refractivity contribution >= 4 is 103 Å². The second kappa shape index (κ2) is 13.5. The maximum atomic E-state index is 6.61. The number of para-hydroxylation sites is 2. The van der Waals surface area contributed by atoms with Crippen LogP contribution in [0.2, 0.25) is 26.2 Å². The minimum Gasteiger partial charge on any atom is -0.456 e. The third-order valence-electron chi connectivity index (χ3n) is 16.3. The first-order valence-electron chi connectivity index (χ1n) is 23.7. The zero-order chi connectivity index (χ0) is 45.3. The summed E-state index contributed by atoms with van der Waals surface area (Å²) in [6.07, 6.45) is 0. The summed E-state index contributed by atoms with van der Waals surface area (Å²) in [6.45, 7) is 10.3. The van der Waals surface area contributed by atoms with Gasteiger partial charge in [-0.25, -0.2) is 0 Å². The SMILES string of the molecule is C[Si]1(C)c2ccccc2C2(c3ccccc31)c1cc(-c3ccc4c(c3)oc3ccccc34)sc1C1(c3ccccc3[Si](C)(C)c3ccccc31)c1cc(-c3ccc4c(c3)oc3ccccc34)sc12. The summed E-state index contributed by atoms with van der Waals surface area (Å²) in [4.78, 5) is 5.35. The maximum Gasteiger partial charge on any atom is 0.136 e. The highest BCUT2D eigenvalue weighted by Gasteiger charge is 2.62. The molecule has 6 heteroatoms. The van der Waals surface area contributed by atoms with Gasteiger partial charge < -0.3 is 8.83 Å². The van der Waals surface area contributed by atoms with Crippen LogP contribution in [0.15, 0.2) is 203 Å². The highest BCUT2D eigenvalue weighted by Crippen LogP contribution is 2.66. The van der Waals surface area contributed by atoms with Crippen LogP contribution >= 0.6 is 22.7 Å². The predicted octanol–water partition coefficient (Wildman–Crippen LogP) is 14.3. The Kier molecular flexibility index (Phi) is 7.76. The lowest BCUT2D eigenvalue weighted by Crippen LogP contribution is -2.66. The molecule has 2 aliphatic heterocycles. The fourth-order valence-electron chi connectivity index (χ4n) is 13.3. The van der Waals surface area contributed by atoms with E-state index in [2.05, 4.69) is 220 Å². The number of furan rings is 2. The topological polar surface area (TPSA) is 26.3 Å². The summed E-state index contributed by atoms with van der Waals surface area (Å²) in [5, 5.41) is 10.7. The number of thiophene rings is 2. The Morgan fingerprint density at radius 1 is 0.324 bits per heavy atom. The molecule has 1 aliphatic carbocycles. The normalized spacial score (nSPS) is 16.4. The average molecular weight is 941 g/mol. The Balaban J connectivity index is 1.12. The van der Waals surface area contributed by atoms with Gasteiger partial charge in [-0.3, -0.25) is 0 Å². The van der Waals surface area contributed by atoms with Gasteiger partial charge in [-0.1, -0.05) is 172 Å². The van der Waals surface area contributed by atoms with Crippen LogP contribution in [0.1, 0.15) is 43.1 Å². The molecule has 0 saturated heterocycles. The molecule has 0 fully saturated rings. The van der Waals surface area contributed by atoms with Gasteiger partial charge in [-0.05, 0) is 114 Å². The van der Waals surface area contributed by atoms with Gasteiger partial charge in [0.05, 0.1) is 10.8 Å². The van der Waals surface area contributed by atoms with Crippen LogP contribution in [0, 0.1) is 0 Å². The van der Waals surface area contributed by atoms with Crippen LogP contribution in [-0.4, -0.2) is 16.1 Å². The Labute approximate surface area is 404 Å². The molecular weight excluding hydrogens is 897 g/mol. The summed E-state index contributed by atoms with van der Waals surface area (Å²) in [5.41, 5.74) is 13.4. The van der Waals surface area contributed by atoms with Crippen molar-refractivity contribution in [3.8, 4) is 20.9 Å². The van der Waals surface area contributed by atoms with Crippen molar-refractivity contribution in [1.29, 1.82) is 0 Å². The van der Waals surface area contributed by atoms with Crippen molar-refractivity contribution in [3.63, 3.8) is 0 Å². The number of fused-ring (bicyclic) bond motifs is 20. The van der Waals surface area contributed by atoms with E-state index in [0.29, 0.717) is 0 Å². The number of rotatable bonds is 2. The van der Waals surface area contributed by atoms with Crippen LogP contribution in [0.25, 0.3) is 64.8 Å². The molecule has 0 atom stereocenters. The first-order valence-corrected chi connectivity index (χ1v) is 31.4. The highest BCUT2D eigenvalue weighted by molar-refractivity contribution is 7.17. The third-order valence-corrected chi connectivity index (χ3v) is 26.0. The van der Waals surface area contributed by atoms with Gasteiger partial charge in [-0.15, -0.1) is 22.7 Å². The lowest BCUT2D eigenvalue weighted by atomic mass is 9.55. The maximum absolute atomic E-state index is 6.61. The van der Waals surface area contributed by atoms with E-state index in [1.807, 2.05) is 22.7 Å². The quantitative estimate of drug-likeness (QED) is 0.161. The molecule has 8 aromatic carbocycles. The first-order chi connectivity index (χ1) is 33.2. The number of hydrogen-bond acceptors (Lipinski definition) is 4. The van der Waals surface area contributed by atoms with Crippen molar-refractivity contribution in [3.05, 3.63) is 237 Å². The van der Waals surface area contributed by atoms with E-state index < -0.39 is 27.0 Å². The molecule has 3 aliphatic rings. The average Bonchev–Trinajstić information content (AvgIpc) is 4.19. The van der Waals surface area contributed by atoms with Crippen molar-refractivity contribution in [2.24, 2.45) is 0 Å². The second-order valence-electron chi connectivity index (χ2n) is 20.3. The molecule has 15 rings (SSSR count). The third kappa shape index (κ3) is 4.76. The van der Waals surface area contributed by atoms with Crippen LogP contribution in [0.3, 0.4) is 0 Å². The minimum absolute atomic E-state index is 0.593. The van der Waals surface area contributed by atoms with Gasteiger partial charge in [0.25, 0.3) is 0 Å². The van der Waals surface area contributed by atoms with Gasteiger partial charge in [0.2, 0.25) is 0 Å². The molecule has 324 valence electrons. The highest BCUT2D eigenvalue weighted by atomic mass is 32.1. The molecular formula is C62H44O2S2Si2. The Bertz CT molecular complexity index is 3720. The van der Waals surface area contributed by atoms with Gasteiger partial charge >= 0.3 is 0 Å². The van der Waals surface area contributed by atoms with E-state index in [1.165, 1.54) is 84.8 Å². The van der Waals surface area contributed by atoms with E-state index in [-0.39, 0.29) is 0 Å². The molecule has 0 unspecified atom stereocenters. The van der Waals surface area contributed by atoms with E-state index in [4.69, 9.17) is 8.83 Å². The summed E-state index contributed by atoms with van der Waals surface area (Å²) >= 11 is 4.00. The molecule has 0 saturated carbocycles. The monoisotopic (exact) mass is 940 g/mol. The second-order valence-corrected chi connectivity index (χ2v) is 31.0. The summed E-state index contributed by atoms with van der Waals surface area (Å²) < 4.78 is 13.2. The zero-order valence-electron chi connectivity index (χ0n) is 38.1. The predicted molar refractivity (Wildman–Crippen MR) is 291 cm³/mol. The molecule has 12 aromatic rings. The molecule has 68 heavy (non-hydrogen) atoms. The molecule has 0 bridgehead atoms. The summed E-state index contributed by atoms with van der Waals surface area (Å²) in [7, 11) is -4.37. The lowest BCUT2D eigenvalue weighted by Gasteiger charge is -2.54. The smallest absolute Gasteiger partial charge is 0.136 e. The lowest BCUT2D eigenvalue weighted by molar-refractivity contribution is 0.647. The molecule has 0 N–H and O–H groups in total. The summed E-state index contributed by atoms with van der Waals surface area (Å²) in [5.74, 6) is 0. The van der Waals surface area contributed by atoms with E-state index in [0.717, 1.165) is 43.9 Å². The summed E-state index contributed by atoms with van der Waals surface area (Å²) in [6, 6.07) is 74.1. The van der Waals surface area contributed by atoms with Crippen LogP contribution in [0.4, 0.5) is 0 Å². The Morgan fingerprint density at radius 3 is 1.03 bits per heavy atom. The van der Waals surface area contributed by atoms with Gasteiger partial charge in [0.1, 0.15) is 38.5 Å². The Morgan fingerprint density at radius 2 is 0.647 bits per heavy atom. The van der Waals surface area contributed by atoms with Crippen LogP contribution in [0.5, 0.6) is 0 Å². The van der Waals surface area contributed by atoms with Crippen LogP contribution < -0.4 is 20.7 Å². The number of hydrogen-bond donors (Lipinski definition) is 0. The van der Waals surface area contributed by atoms with Crippen molar-refractivity contribution in [2.75, 3.05) is 0 Å². The fraction of sp³-hybridized carbons (Fsp3) is 0.0968. The van der Waals surface area contributed by atoms with Crippen molar-refractivity contribution in [1.82, 2.24) is 0 Å². The molecule has 0 radical (unpaired) electrons. The van der Waals surface area contributed by atoms with E-state index in [9.17, 15) is 0 Å². The van der Waals surface area contributed by atoms with Crippen LogP contribution in [-0.2, 0) is 10.8 Å². The first kappa shape index (κ1) is 39.2. The van der Waals surface area contributed by atoms with Crippen molar-refractivity contribution in [2.45, 2.75) is 37.0 Å². The standard InChI is InChI=1S/C62H44O2S2Si2/c1-67(2)55-25-13-7-19-43(55)61(44-20-8-14-26-56(44)67)47-35-53(37-29-31-41-39-17-5-11-23-49(39)63-51(41)33-37)66-60(47)62(45-21-9-15-27-57(45)68(3,4)58-28-16-10-22-46(58)62)48-36-54(65-59(48)61)38-30-32-42-40-18-6-12-24-50(40)64-52(42)34-38/h5-36H,1-4H3. The molecule has 2 nitrogen and oxygen atoms in total. The van der Waals surface area contributed by atoms with Gasteiger partial charge in [0, 0.05) is 41.1 Å². The molecule has 0 amide bonds. The van der Waals surface area contributed by atoms with E-state index >= 15 is 0 Å². The fourth-order valence-corrected chi connectivity index (χ4v) is 22.6.